The first kappa shape index (κ1) is 22.7. The fourth-order valence-corrected chi connectivity index (χ4v) is 3.10. The molecule has 1 aliphatic rings. The monoisotopic (exact) mass is 431 g/mol. The summed E-state index contributed by atoms with van der Waals surface area (Å²) < 4.78 is 39.6. The van der Waals surface area contributed by atoms with Crippen LogP contribution in [0.1, 0.15) is 27.8 Å². The molecule has 2 aromatic rings. The Hall–Kier alpha value is -2.59. The smallest absolute Gasteiger partial charge is 0.343 e. The van der Waals surface area contributed by atoms with Crippen molar-refractivity contribution < 1.29 is 22.8 Å². The van der Waals surface area contributed by atoms with Gasteiger partial charge in [0.25, 0.3) is 5.91 Å². The predicted octanol–water partition coefficient (Wildman–Crippen LogP) is 1.76. The van der Waals surface area contributed by atoms with Crippen LogP contribution in [0.2, 0.25) is 0 Å². The van der Waals surface area contributed by atoms with Crippen LogP contribution in [0, 0.1) is 0 Å². The SMILES string of the molecule is Cl.Cn1ccnc1C1CNCCN1C(=O)CNC(=O)c1ccc(C(F)(F)F)cc1. The first-order valence-electron chi connectivity index (χ1n) is 8.70. The van der Waals surface area contributed by atoms with Gasteiger partial charge in [0.15, 0.2) is 0 Å². The molecule has 0 spiro atoms. The van der Waals surface area contributed by atoms with E-state index < -0.39 is 17.6 Å². The topological polar surface area (TPSA) is 79.3 Å². The number of halogens is 4. The summed E-state index contributed by atoms with van der Waals surface area (Å²) >= 11 is 0. The second kappa shape index (κ2) is 9.27. The molecule has 1 fully saturated rings. The molecule has 0 aliphatic carbocycles. The Morgan fingerprint density at radius 1 is 1.28 bits per heavy atom. The number of aromatic nitrogens is 2. The molecule has 0 bridgehead atoms. The number of carbonyl (C=O) groups excluding carboxylic acids is 2. The highest BCUT2D eigenvalue weighted by Crippen LogP contribution is 2.29. The minimum atomic E-state index is -4.47. The quantitative estimate of drug-likeness (QED) is 0.773. The lowest BCUT2D eigenvalue weighted by Crippen LogP contribution is -2.52. The second-order valence-corrected chi connectivity index (χ2v) is 6.46. The lowest BCUT2D eigenvalue weighted by Gasteiger charge is -2.35. The zero-order chi connectivity index (χ0) is 20.3. The summed E-state index contributed by atoms with van der Waals surface area (Å²) in [7, 11) is 1.84. The van der Waals surface area contributed by atoms with E-state index in [0.717, 1.165) is 30.1 Å². The molecular weight excluding hydrogens is 411 g/mol. The Morgan fingerprint density at radius 3 is 2.55 bits per heavy atom. The number of nitrogens with zero attached hydrogens (tertiary/aromatic N) is 3. The first-order valence-corrected chi connectivity index (χ1v) is 8.70. The molecule has 11 heteroatoms. The van der Waals surface area contributed by atoms with Gasteiger partial charge in [-0.05, 0) is 24.3 Å². The van der Waals surface area contributed by atoms with Gasteiger partial charge in [0.05, 0.1) is 12.1 Å². The molecule has 7 nitrogen and oxygen atoms in total. The van der Waals surface area contributed by atoms with Gasteiger partial charge in [0.2, 0.25) is 5.91 Å². The third-order valence-corrected chi connectivity index (χ3v) is 4.59. The highest BCUT2D eigenvalue weighted by atomic mass is 35.5. The van der Waals surface area contributed by atoms with Gasteiger partial charge in [0, 0.05) is 44.6 Å². The number of aryl methyl sites for hydroxylation is 1. The minimum Gasteiger partial charge on any atom is -0.343 e. The number of amides is 2. The summed E-state index contributed by atoms with van der Waals surface area (Å²) in [5, 5.41) is 5.69. The summed E-state index contributed by atoms with van der Waals surface area (Å²) in [5.41, 5.74) is -0.777. The Labute approximate surface area is 171 Å². The van der Waals surface area contributed by atoms with Crippen LogP contribution in [0.25, 0.3) is 0 Å². The Balaban J connectivity index is 0.00000300. The van der Waals surface area contributed by atoms with Crippen LogP contribution in [0.15, 0.2) is 36.7 Å². The standard InChI is InChI=1S/C18H20F3N5O2.ClH/c1-25-8-7-23-16(25)14-10-22-6-9-26(14)15(27)11-24-17(28)12-2-4-13(5-3-12)18(19,20)21;/h2-5,7-8,14,22H,6,9-11H2,1H3,(H,24,28);1H. The summed E-state index contributed by atoms with van der Waals surface area (Å²) in [6.45, 7) is 1.39. The Morgan fingerprint density at radius 2 is 1.97 bits per heavy atom. The van der Waals surface area contributed by atoms with E-state index in [4.69, 9.17) is 0 Å². The van der Waals surface area contributed by atoms with Crippen molar-refractivity contribution in [2.24, 2.45) is 7.05 Å². The average molecular weight is 432 g/mol. The van der Waals surface area contributed by atoms with E-state index in [1.807, 2.05) is 11.6 Å². The van der Waals surface area contributed by atoms with Crippen molar-refractivity contribution >= 4 is 24.2 Å². The number of imidazole rings is 1. The maximum Gasteiger partial charge on any atom is 0.416 e. The molecule has 2 heterocycles. The second-order valence-electron chi connectivity index (χ2n) is 6.46. The largest absolute Gasteiger partial charge is 0.416 e. The Bertz CT molecular complexity index is 854. The van der Waals surface area contributed by atoms with E-state index in [-0.39, 0.29) is 36.5 Å². The van der Waals surface area contributed by atoms with E-state index in [2.05, 4.69) is 15.6 Å². The van der Waals surface area contributed by atoms with Crippen LogP contribution in [-0.4, -0.2) is 52.4 Å². The first-order chi connectivity index (χ1) is 13.3. The van der Waals surface area contributed by atoms with E-state index >= 15 is 0 Å². The van der Waals surface area contributed by atoms with Crippen molar-refractivity contribution in [1.82, 2.24) is 25.1 Å². The number of hydrogen-bond donors (Lipinski definition) is 2. The molecule has 2 N–H and O–H groups in total. The maximum absolute atomic E-state index is 12.6. The van der Waals surface area contributed by atoms with Gasteiger partial charge < -0.3 is 20.1 Å². The van der Waals surface area contributed by atoms with Crippen molar-refractivity contribution in [3.8, 4) is 0 Å². The fourth-order valence-electron chi connectivity index (χ4n) is 3.10. The fraction of sp³-hybridized carbons (Fsp3) is 0.389. The maximum atomic E-state index is 12.6. The summed E-state index contributed by atoms with van der Waals surface area (Å²) in [6.07, 6.45) is -1.02. The van der Waals surface area contributed by atoms with Crippen molar-refractivity contribution in [2.75, 3.05) is 26.2 Å². The average Bonchev–Trinajstić information content (AvgIpc) is 3.11. The molecule has 1 aromatic heterocycles. The van der Waals surface area contributed by atoms with Crippen LogP contribution in [-0.2, 0) is 18.0 Å². The number of alkyl halides is 3. The van der Waals surface area contributed by atoms with Crippen molar-refractivity contribution in [2.45, 2.75) is 12.2 Å². The van der Waals surface area contributed by atoms with Crippen molar-refractivity contribution in [3.05, 3.63) is 53.6 Å². The summed E-state index contributed by atoms with van der Waals surface area (Å²) in [6, 6.07) is 3.59. The van der Waals surface area contributed by atoms with Gasteiger partial charge in [-0.2, -0.15) is 13.2 Å². The third kappa shape index (κ3) is 5.27. The molecule has 3 rings (SSSR count). The lowest BCUT2D eigenvalue weighted by atomic mass is 10.1. The molecule has 158 valence electrons. The lowest BCUT2D eigenvalue weighted by molar-refractivity contribution is -0.137. The molecule has 1 aliphatic heterocycles. The molecule has 2 amide bonds. The zero-order valence-electron chi connectivity index (χ0n) is 15.6. The number of piperazine rings is 1. The molecule has 1 saturated heterocycles. The number of benzene rings is 1. The molecular formula is C18H21ClF3N5O2. The van der Waals surface area contributed by atoms with Crippen LogP contribution in [0.5, 0.6) is 0 Å². The van der Waals surface area contributed by atoms with Gasteiger partial charge in [-0.1, -0.05) is 0 Å². The number of hydrogen-bond acceptors (Lipinski definition) is 4. The van der Waals surface area contributed by atoms with Gasteiger partial charge >= 0.3 is 6.18 Å². The highest BCUT2D eigenvalue weighted by Gasteiger charge is 2.31. The molecule has 1 atom stereocenters. The molecule has 0 saturated carbocycles. The van der Waals surface area contributed by atoms with Gasteiger partial charge in [-0.25, -0.2) is 4.98 Å². The van der Waals surface area contributed by atoms with Crippen LogP contribution in [0.4, 0.5) is 13.2 Å². The van der Waals surface area contributed by atoms with E-state index in [1.54, 1.807) is 17.3 Å². The third-order valence-electron chi connectivity index (χ3n) is 4.59. The molecule has 1 aromatic carbocycles. The van der Waals surface area contributed by atoms with Crippen LogP contribution in [0.3, 0.4) is 0 Å². The predicted molar refractivity (Wildman–Crippen MR) is 102 cm³/mol. The van der Waals surface area contributed by atoms with Crippen LogP contribution < -0.4 is 10.6 Å². The molecule has 0 radical (unpaired) electrons. The summed E-state index contributed by atoms with van der Waals surface area (Å²) in [4.78, 5) is 30.7. The van der Waals surface area contributed by atoms with Crippen LogP contribution >= 0.6 is 12.4 Å². The van der Waals surface area contributed by atoms with E-state index in [1.165, 1.54) is 0 Å². The minimum absolute atomic E-state index is 0. The number of carbonyl (C=O) groups is 2. The molecule has 29 heavy (non-hydrogen) atoms. The highest BCUT2D eigenvalue weighted by molar-refractivity contribution is 5.96. The Kier molecular flexibility index (Phi) is 7.26. The van der Waals surface area contributed by atoms with Crippen molar-refractivity contribution in [1.29, 1.82) is 0 Å². The van der Waals surface area contributed by atoms with Gasteiger partial charge in [-0.3, -0.25) is 9.59 Å². The van der Waals surface area contributed by atoms with Gasteiger partial charge in [0.1, 0.15) is 11.9 Å². The van der Waals surface area contributed by atoms with Gasteiger partial charge in [-0.15, -0.1) is 12.4 Å². The van der Waals surface area contributed by atoms with Crippen molar-refractivity contribution in [3.63, 3.8) is 0 Å². The van der Waals surface area contributed by atoms with E-state index in [0.29, 0.717) is 19.6 Å². The number of rotatable bonds is 4. The number of nitrogens with one attached hydrogen (secondary N) is 2. The summed E-state index contributed by atoms with van der Waals surface area (Å²) in [5.74, 6) is -0.157. The molecule has 1 unspecified atom stereocenters. The van der Waals surface area contributed by atoms with E-state index in [9.17, 15) is 22.8 Å². The zero-order valence-corrected chi connectivity index (χ0v) is 16.4. The normalized spacial score (nSPS) is 16.8.